The summed E-state index contributed by atoms with van der Waals surface area (Å²) in [5, 5.41) is 0. The van der Waals surface area contributed by atoms with Gasteiger partial charge < -0.3 is 4.98 Å². The Balaban J connectivity index is 1.77. The Morgan fingerprint density at radius 1 is 1.22 bits per heavy atom. The molecule has 23 heavy (non-hydrogen) atoms. The van der Waals surface area contributed by atoms with Gasteiger partial charge in [-0.15, -0.1) is 0 Å². The highest BCUT2D eigenvalue weighted by molar-refractivity contribution is 6.07. The topological polar surface area (TPSA) is 66.1 Å². The van der Waals surface area contributed by atoms with Crippen LogP contribution >= 0.6 is 0 Å². The van der Waals surface area contributed by atoms with Crippen molar-refractivity contribution in [1.82, 2.24) is 9.97 Å². The first-order valence-electron chi connectivity index (χ1n) is 8.76. The second kappa shape index (κ2) is 4.90. The number of aromatic nitrogens is 2. The van der Waals surface area contributed by atoms with E-state index in [0.717, 1.165) is 12.2 Å². The predicted octanol–water partition coefficient (Wildman–Crippen LogP) is 2.88. The first-order chi connectivity index (χ1) is 10.9. The summed E-state index contributed by atoms with van der Waals surface area (Å²) in [7, 11) is 3.33. The highest BCUT2D eigenvalue weighted by Crippen LogP contribution is 2.54. The summed E-state index contributed by atoms with van der Waals surface area (Å²) in [5.74, 6) is 3.18. The van der Waals surface area contributed by atoms with Crippen LogP contribution in [0, 0.1) is 11.8 Å². The highest BCUT2D eigenvalue weighted by atomic mass is 16.2. The fraction of sp³-hybridized carbons (Fsp3) is 0.706. The Labute approximate surface area is 136 Å². The number of anilines is 1. The summed E-state index contributed by atoms with van der Waals surface area (Å²) in [5.41, 5.74) is 0.518. The van der Waals surface area contributed by atoms with Crippen LogP contribution < -0.4 is 4.90 Å². The molecule has 0 atom stereocenters. The van der Waals surface area contributed by atoms with Crippen molar-refractivity contribution in [2.24, 2.45) is 11.8 Å². The molecule has 124 valence electrons. The molecule has 3 amide bonds. The second-order valence-electron chi connectivity index (χ2n) is 7.71. The van der Waals surface area contributed by atoms with E-state index in [1.165, 1.54) is 25.7 Å². The van der Waals surface area contributed by atoms with Crippen LogP contribution in [0.5, 0.6) is 0 Å². The molecule has 6 nitrogen and oxygen atoms in total. The Morgan fingerprint density at radius 2 is 1.83 bits per heavy atom. The lowest BCUT2D eigenvalue weighted by molar-refractivity contribution is -0.721. The molecule has 1 aliphatic heterocycles. The number of carbonyl (C=O) groups is 2. The van der Waals surface area contributed by atoms with E-state index in [-0.39, 0.29) is 16.4 Å². The predicted molar refractivity (Wildman–Crippen MR) is 86.2 cm³/mol. The SMILES string of the molecule is CCCN1C(=O)[N+](C)(C)C(=O)c2[nH]c(C(C3CC3)C3CC3)nc21. The second-order valence-corrected chi connectivity index (χ2v) is 7.71. The molecule has 0 spiro atoms. The van der Waals surface area contributed by atoms with Gasteiger partial charge in [0.05, 0.1) is 14.1 Å². The fourth-order valence-electron chi connectivity index (χ4n) is 3.81. The molecule has 0 aromatic carbocycles. The number of hydrogen-bond acceptors (Lipinski definition) is 3. The van der Waals surface area contributed by atoms with Gasteiger partial charge in [-0.1, -0.05) is 6.92 Å². The van der Waals surface area contributed by atoms with Crippen LogP contribution in [-0.2, 0) is 0 Å². The number of hydrogen-bond donors (Lipinski definition) is 1. The summed E-state index contributed by atoms with van der Waals surface area (Å²) in [6, 6.07) is -0.184. The molecule has 1 aromatic heterocycles. The number of aromatic amines is 1. The maximum Gasteiger partial charge on any atom is 0.432 e. The lowest BCUT2D eigenvalue weighted by Gasteiger charge is -2.33. The first kappa shape index (κ1) is 14.9. The Hall–Kier alpha value is -1.69. The quantitative estimate of drug-likeness (QED) is 0.849. The van der Waals surface area contributed by atoms with Gasteiger partial charge in [0.25, 0.3) is 0 Å². The van der Waals surface area contributed by atoms with Crippen molar-refractivity contribution >= 4 is 17.8 Å². The summed E-state index contributed by atoms with van der Waals surface area (Å²) in [6.07, 6.45) is 5.90. The fourth-order valence-corrected chi connectivity index (χ4v) is 3.81. The number of nitrogens with one attached hydrogen (secondary N) is 1. The summed E-state index contributed by atoms with van der Waals surface area (Å²) in [4.78, 5) is 35.2. The average Bonchev–Trinajstić information content (AvgIpc) is 3.42. The highest BCUT2D eigenvalue weighted by Gasteiger charge is 2.51. The number of urea groups is 1. The molecule has 2 saturated carbocycles. The largest absolute Gasteiger partial charge is 0.432 e. The third kappa shape index (κ3) is 2.23. The molecular formula is C17H25N4O2+. The molecule has 1 aromatic rings. The zero-order valence-electron chi connectivity index (χ0n) is 14.1. The zero-order chi connectivity index (χ0) is 16.4. The van der Waals surface area contributed by atoms with Crippen LogP contribution in [0.15, 0.2) is 0 Å². The number of carbonyl (C=O) groups excluding carboxylic acids is 2. The van der Waals surface area contributed by atoms with Crippen molar-refractivity contribution in [1.29, 1.82) is 0 Å². The van der Waals surface area contributed by atoms with Gasteiger partial charge in [-0.2, -0.15) is 4.48 Å². The third-order valence-electron chi connectivity index (χ3n) is 5.41. The van der Waals surface area contributed by atoms with E-state index >= 15 is 0 Å². The molecule has 0 radical (unpaired) electrons. The first-order valence-corrected chi connectivity index (χ1v) is 8.76. The van der Waals surface area contributed by atoms with E-state index in [2.05, 4.69) is 4.98 Å². The van der Waals surface area contributed by atoms with Crippen molar-refractivity contribution in [3.8, 4) is 0 Å². The number of quaternary nitrogens is 1. The number of fused-ring (bicyclic) bond motifs is 1. The summed E-state index contributed by atoms with van der Waals surface area (Å²) >= 11 is 0. The molecule has 0 bridgehead atoms. The normalized spacial score (nSPS) is 23.6. The van der Waals surface area contributed by atoms with Crippen LogP contribution in [0.2, 0.25) is 0 Å². The molecule has 0 saturated heterocycles. The van der Waals surface area contributed by atoms with Crippen molar-refractivity contribution in [2.45, 2.75) is 44.9 Å². The molecule has 2 heterocycles. The van der Waals surface area contributed by atoms with E-state index in [1.54, 1.807) is 19.0 Å². The number of rotatable bonds is 5. The van der Waals surface area contributed by atoms with Gasteiger partial charge in [0.2, 0.25) is 0 Å². The van der Waals surface area contributed by atoms with Gasteiger partial charge in [0, 0.05) is 12.5 Å². The number of H-pyrrole nitrogens is 1. The van der Waals surface area contributed by atoms with Crippen LogP contribution in [-0.4, -0.2) is 47.0 Å². The van der Waals surface area contributed by atoms with Gasteiger partial charge in [-0.25, -0.2) is 19.5 Å². The van der Waals surface area contributed by atoms with Crippen molar-refractivity contribution < 1.29 is 14.1 Å². The van der Waals surface area contributed by atoms with Crippen molar-refractivity contribution in [2.75, 3.05) is 25.5 Å². The number of amides is 3. The maximum atomic E-state index is 12.8. The minimum atomic E-state index is -0.272. The van der Waals surface area contributed by atoms with Gasteiger partial charge in [-0.05, 0) is 43.9 Å². The monoisotopic (exact) mass is 317 g/mol. The molecule has 2 fully saturated rings. The summed E-state index contributed by atoms with van der Waals surface area (Å²) < 4.78 is -0.272. The van der Waals surface area contributed by atoms with E-state index in [1.807, 2.05) is 6.92 Å². The molecular weight excluding hydrogens is 292 g/mol. The van der Waals surface area contributed by atoms with Crippen molar-refractivity contribution in [3.05, 3.63) is 11.5 Å². The van der Waals surface area contributed by atoms with Gasteiger partial charge in [0.15, 0.2) is 11.5 Å². The third-order valence-corrected chi connectivity index (χ3v) is 5.41. The van der Waals surface area contributed by atoms with E-state index in [4.69, 9.17) is 4.98 Å². The summed E-state index contributed by atoms with van der Waals surface area (Å²) in [6.45, 7) is 2.64. The minimum absolute atomic E-state index is 0.179. The van der Waals surface area contributed by atoms with Crippen molar-refractivity contribution in [3.63, 3.8) is 0 Å². The van der Waals surface area contributed by atoms with Gasteiger partial charge >= 0.3 is 11.9 Å². The molecule has 0 unspecified atom stereocenters. The lowest BCUT2D eigenvalue weighted by Crippen LogP contribution is -2.60. The number of imide groups is 1. The Morgan fingerprint density at radius 3 is 2.35 bits per heavy atom. The van der Waals surface area contributed by atoms with Crippen LogP contribution in [0.25, 0.3) is 0 Å². The van der Waals surface area contributed by atoms with Gasteiger partial charge in [0.1, 0.15) is 5.82 Å². The molecule has 1 N–H and O–H groups in total. The smallest absolute Gasteiger partial charge is 0.332 e. The lowest BCUT2D eigenvalue weighted by atomic mass is 9.97. The average molecular weight is 317 g/mol. The number of imidazole rings is 1. The molecule has 4 rings (SSSR count). The van der Waals surface area contributed by atoms with E-state index < -0.39 is 0 Å². The molecule has 2 aliphatic carbocycles. The van der Waals surface area contributed by atoms with E-state index in [0.29, 0.717) is 35.8 Å². The number of nitrogens with zero attached hydrogens (tertiary/aromatic N) is 3. The molecule has 3 aliphatic rings. The minimum Gasteiger partial charge on any atom is -0.332 e. The zero-order valence-corrected chi connectivity index (χ0v) is 14.1. The maximum absolute atomic E-state index is 12.8. The van der Waals surface area contributed by atoms with E-state index in [9.17, 15) is 9.59 Å². The Bertz CT molecular complexity index is 658. The van der Waals surface area contributed by atoms with Crippen LogP contribution in [0.3, 0.4) is 0 Å². The molecule has 6 heteroatoms. The van der Waals surface area contributed by atoms with Crippen LogP contribution in [0.4, 0.5) is 10.6 Å². The van der Waals surface area contributed by atoms with Gasteiger partial charge in [-0.3, -0.25) is 0 Å². The Kier molecular flexibility index (Phi) is 3.17. The van der Waals surface area contributed by atoms with Crippen LogP contribution in [0.1, 0.15) is 61.3 Å². The standard InChI is InChI=1S/C17H24N4O2/c1-4-9-20-15-13(16(22)21(2,3)17(20)23)18-14(19-15)12(10-5-6-10)11-7-8-11/h10-12H,4-9H2,1-3H3/p+1.